The van der Waals surface area contributed by atoms with Crippen LogP contribution in [-0.4, -0.2) is 198 Å². The van der Waals surface area contributed by atoms with Crippen molar-refractivity contribution in [3.05, 3.63) is 84.3 Å². The minimum absolute atomic E-state index is 0.0284. The lowest BCUT2D eigenvalue weighted by Gasteiger charge is -2.37. The maximum atomic E-state index is 14.3. The maximum absolute atomic E-state index is 14.3. The van der Waals surface area contributed by atoms with Crippen molar-refractivity contribution in [2.75, 3.05) is 80.2 Å². The zero-order chi connectivity index (χ0) is 63.7. The summed E-state index contributed by atoms with van der Waals surface area (Å²) in [6, 6.07) is 14.7. The number of benzene rings is 2. The second-order valence-electron chi connectivity index (χ2n) is 22.8. The number of nitrogens with zero attached hydrogens (tertiary/aromatic N) is 6. The number of ether oxygens (including phenoxy) is 2. The van der Waals surface area contributed by atoms with E-state index < -0.39 is 83.1 Å². The molecule has 0 radical (unpaired) electrons. The van der Waals surface area contributed by atoms with Gasteiger partial charge >= 0.3 is 0 Å². The third-order valence-electron chi connectivity index (χ3n) is 15.8. The van der Waals surface area contributed by atoms with Crippen LogP contribution in [0.4, 0.5) is 5.69 Å². The Bertz CT molecular complexity index is 2870. The standard InChI is InChI=1S/C62H93N13O11S/c1-12-19-48(73(8)54(79)38-66-61(83)55(40(2)3)72(6)7)50(85-9)35-53(78)75-32-17-23-49(75)56(86-10)41(4)58(80)71-47(34-42-20-14-13-15-21-42)59(81)65-36-43-25-27-44(28-26-43)69-60(82)46(22-16-30-63-5)70-52(77)37-64-51(76)24-18-31-74-33-29-45-57(74)67-39-68-62(45)87(11)84/h13-15,20-21,25-29,33,39-41,46-50,55-56,63H,12,16-19,22-24,30-32,34-38H2,1-11H3,(H,64,76)(H,65,81)(H,66,83)(H,69,82)(H,70,77)(H,71,80). The summed E-state index contributed by atoms with van der Waals surface area (Å²) in [5.74, 6) is -3.71. The number of nitrogens with one attached hydrogen (secondary N) is 7. The summed E-state index contributed by atoms with van der Waals surface area (Å²) >= 11 is -1.29. The molecule has 2 aromatic carbocycles. The molecule has 0 aliphatic carbocycles. The van der Waals surface area contributed by atoms with Gasteiger partial charge in [0.25, 0.3) is 5.03 Å². The Balaban J connectivity index is 1.15. The average Bonchev–Trinajstić information content (AvgIpc) is 2.18. The predicted molar refractivity (Wildman–Crippen MR) is 333 cm³/mol. The molecule has 9 unspecified atom stereocenters. The van der Waals surface area contributed by atoms with Gasteiger partial charge in [-0.25, -0.2) is 4.98 Å². The summed E-state index contributed by atoms with van der Waals surface area (Å²) in [5, 5.41) is 21.2. The fourth-order valence-electron chi connectivity index (χ4n) is 11.3. The van der Waals surface area contributed by atoms with Crippen molar-refractivity contribution in [2.24, 2.45) is 11.8 Å². The molecule has 0 bridgehead atoms. The van der Waals surface area contributed by atoms with Crippen molar-refractivity contribution >= 4 is 75.2 Å². The Labute approximate surface area is 515 Å². The van der Waals surface area contributed by atoms with Crippen LogP contribution >= 0.6 is 0 Å². The van der Waals surface area contributed by atoms with E-state index in [1.807, 2.05) is 74.7 Å². The number of likely N-dealkylation sites (tertiary alicyclic amines) is 1. The third kappa shape index (κ3) is 21.1. The van der Waals surface area contributed by atoms with Crippen LogP contribution < -0.4 is 37.2 Å². The fourth-order valence-corrected chi connectivity index (χ4v) is 11.9. The van der Waals surface area contributed by atoms with Crippen LogP contribution in [0.15, 0.2) is 78.2 Å². The lowest BCUT2D eigenvalue weighted by Crippen LogP contribution is -2.55. The minimum atomic E-state index is -1.29. The lowest BCUT2D eigenvalue weighted by molar-refractivity contribution is -0.145. The molecule has 1 aliphatic rings. The SMILES string of the molecule is CCCC(C(CC(=O)N1CCCC1C(OC)C(C)C(=O)NC(Cc1ccccc1)C(=O)NCc1ccc(NC(=O)C(CCCNC)NC(=O)CNC(=O)CCCn2ccc3c([S+](C)[O-])ncnc32)cc1)OC)N(C)C(=O)CNC(=O)C(C(C)C)N(C)C. The topological polar surface area (TPSA) is 303 Å². The van der Waals surface area contributed by atoms with Gasteiger partial charge in [-0.2, -0.15) is 4.98 Å². The number of aromatic nitrogens is 3. The van der Waals surface area contributed by atoms with Gasteiger partial charge < -0.3 is 65.6 Å². The quantitative estimate of drug-likeness (QED) is 0.0196. The molecule has 9 atom stereocenters. The molecular formula is C62H93N13O11S. The van der Waals surface area contributed by atoms with E-state index in [2.05, 4.69) is 47.2 Å². The number of aryl methyl sites for hydroxylation is 1. The van der Waals surface area contributed by atoms with Crippen LogP contribution in [0.3, 0.4) is 0 Å². The maximum Gasteiger partial charge on any atom is 0.256 e. The molecule has 1 fully saturated rings. The molecule has 0 saturated carbocycles. The summed E-state index contributed by atoms with van der Waals surface area (Å²) < 4.78 is 25.9. The average molecular weight is 1230 g/mol. The number of carbonyl (C=O) groups excluding carboxylic acids is 8. The first kappa shape index (κ1) is 70.7. The highest BCUT2D eigenvalue weighted by Gasteiger charge is 2.42. The number of hydrogen-bond donors (Lipinski definition) is 7. The summed E-state index contributed by atoms with van der Waals surface area (Å²) in [7, 11) is 10.1. The Morgan fingerprint density at radius 2 is 1.52 bits per heavy atom. The van der Waals surface area contributed by atoms with Gasteiger partial charge in [-0.15, -0.1) is 0 Å². The highest BCUT2D eigenvalue weighted by Crippen LogP contribution is 2.29. The highest BCUT2D eigenvalue weighted by molar-refractivity contribution is 7.90. The van der Waals surface area contributed by atoms with Gasteiger partial charge in [-0.1, -0.05) is 76.6 Å². The second-order valence-corrected chi connectivity index (χ2v) is 24.1. The molecule has 2 aromatic heterocycles. The van der Waals surface area contributed by atoms with E-state index in [-0.39, 0.29) is 68.4 Å². The Morgan fingerprint density at radius 1 is 0.793 bits per heavy atom. The summed E-state index contributed by atoms with van der Waals surface area (Å²) in [6.07, 6.45) is 7.48. The fraction of sp³-hybridized carbons (Fsp3) is 0.581. The minimum Gasteiger partial charge on any atom is -0.610 e. The van der Waals surface area contributed by atoms with Crippen LogP contribution in [0.5, 0.6) is 0 Å². The summed E-state index contributed by atoms with van der Waals surface area (Å²) in [5.41, 5.74) is 2.60. The zero-order valence-electron chi connectivity index (χ0n) is 52.5. The van der Waals surface area contributed by atoms with Gasteiger partial charge in [0.2, 0.25) is 47.3 Å². The molecule has 0 spiro atoms. The number of fused-ring (bicyclic) bond motifs is 1. The number of carbonyl (C=O) groups is 8. The number of methoxy groups -OCH3 is 2. The predicted octanol–water partition coefficient (Wildman–Crippen LogP) is 2.91. The van der Waals surface area contributed by atoms with Crippen molar-refractivity contribution in [1.29, 1.82) is 0 Å². The van der Waals surface area contributed by atoms with E-state index in [0.717, 1.165) is 5.56 Å². The van der Waals surface area contributed by atoms with E-state index in [1.54, 1.807) is 73.6 Å². The van der Waals surface area contributed by atoms with Crippen LogP contribution in [0, 0.1) is 11.8 Å². The molecule has 1 saturated heterocycles. The molecule has 1 aliphatic heterocycles. The van der Waals surface area contributed by atoms with Crippen LogP contribution in [0.1, 0.15) is 96.6 Å². The molecule has 7 N–H and O–H groups in total. The molecule has 24 nitrogen and oxygen atoms in total. The van der Waals surface area contributed by atoms with Crippen LogP contribution in [-0.2, 0) is 78.5 Å². The van der Waals surface area contributed by atoms with Gasteiger partial charge in [0, 0.05) is 76.8 Å². The third-order valence-corrected chi connectivity index (χ3v) is 16.7. The number of likely N-dealkylation sites (N-methyl/N-ethyl adjacent to an activating group) is 2. The smallest absolute Gasteiger partial charge is 0.256 e. The van der Waals surface area contributed by atoms with Crippen molar-refractivity contribution in [1.82, 2.24) is 61.1 Å². The monoisotopic (exact) mass is 1230 g/mol. The van der Waals surface area contributed by atoms with Gasteiger partial charge in [0.1, 0.15) is 30.3 Å². The van der Waals surface area contributed by atoms with Gasteiger partial charge in [0.05, 0.1) is 61.1 Å². The molecule has 3 heterocycles. The molecule has 5 rings (SSSR count). The van der Waals surface area contributed by atoms with Gasteiger partial charge in [-0.05, 0) is 101 Å². The number of rotatable bonds is 36. The van der Waals surface area contributed by atoms with Crippen LogP contribution in [0.25, 0.3) is 11.0 Å². The largest absolute Gasteiger partial charge is 0.610 e. The Morgan fingerprint density at radius 3 is 2.16 bits per heavy atom. The molecule has 4 aromatic rings. The molecule has 478 valence electrons. The van der Waals surface area contributed by atoms with Crippen molar-refractivity contribution in [3.63, 3.8) is 0 Å². The lowest BCUT2D eigenvalue weighted by atomic mass is 9.93. The van der Waals surface area contributed by atoms with Crippen molar-refractivity contribution in [3.8, 4) is 0 Å². The number of amides is 8. The molecule has 8 amide bonds. The molecular weight excluding hydrogens is 1130 g/mol. The van der Waals surface area contributed by atoms with Crippen molar-refractivity contribution < 1.29 is 52.4 Å². The van der Waals surface area contributed by atoms with Crippen LogP contribution in [0.2, 0.25) is 0 Å². The first-order valence-corrected chi connectivity index (χ1v) is 31.6. The van der Waals surface area contributed by atoms with E-state index in [4.69, 9.17) is 9.47 Å². The van der Waals surface area contributed by atoms with Gasteiger partial charge in [-0.3, -0.25) is 43.3 Å². The second kappa shape index (κ2) is 35.7. The molecule has 87 heavy (non-hydrogen) atoms. The van der Waals surface area contributed by atoms with E-state index in [0.29, 0.717) is 91.9 Å². The van der Waals surface area contributed by atoms with Crippen molar-refractivity contribution in [2.45, 2.75) is 152 Å². The zero-order valence-corrected chi connectivity index (χ0v) is 53.3. The molecule has 25 heteroatoms. The normalized spacial score (nSPS) is 16.0. The Hall–Kier alpha value is -7.03. The van der Waals surface area contributed by atoms with E-state index in [1.165, 1.54) is 20.5 Å². The summed E-state index contributed by atoms with van der Waals surface area (Å²) in [4.78, 5) is 122. The highest BCUT2D eigenvalue weighted by atomic mass is 32.2. The summed E-state index contributed by atoms with van der Waals surface area (Å²) in [6.45, 7) is 8.67. The Kier molecular flexibility index (Phi) is 29.0. The number of hydrogen-bond acceptors (Lipinski definition) is 15. The number of anilines is 1. The van der Waals surface area contributed by atoms with E-state index >= 15 is 0 Å². The van der Waals surface area contributed by atoms with E-state index in [9.17, 15) is 42.9 Å². The first-order valence-electron chi connectivity index (χ1n) is 30.0. The first-order chi connectivity index (χ1) is 41.6. The van der Waals surface area contributed by atoms with Gasteiger partial charge in [0.15, 0.2) is 0 Å².